The maximum Gasteiger partial charge on any atom is 0.407 e. The Morgan fingerprint density at radius 3 is 2.68 bits per heavy atom. The van der Waals surface area contributed by atoms with Crippen molar-refractivity contribution in [2.45, 2.75) is 77.6 Å². The van der Waals surface area contributed by atoms with Gasteiger partial charge in [-0.15, -0.1) is 11.3 Å². The first-order valence-corrected chi connectivity index (χ1v) is 8.78. The van der Waals surface area contributed by atoms with Crippen LogP contribution >= 0.6 is 11.3 Å². The van der Waals surface area contributed by atoms with Crippen LogP contribution in [-0.4, -0.2) is 28.8 Å². The summed E-state index contributed by atoms with van der Waals surface area (Å²) in [5.41, 5.74) is -0.443. The van der Waals surface area contributed by atoms with Crippen LogP contribution in [0.5, 0.6) is 0 Å². The summed E-state index contributed by atoms with van der Waals surface area (Å²) in [5, 5.41) is 7.63. The van der Waals surface area contributed by atoms with Crippen LogP contribution in [0.3, 0.4) is 0 Å². The number of hydrogen-bond acceptors (Lipinski definition) is 5. The fourth-order valence-corrected chi connectivity index (χ4v) is 3.33. The second-order valence-electron chi connectivity index (χ2n) is 6.92. The van der Waals surface area contributed by atoms with E-state index in [2.05, 4.69) is 29.5 Å². The molecule has 6 heteroatoms. The fourth-order valence-electron chi connectivity index (χ4n) is 2.46. The number of amides is 1. The summed E-state index contributed by atoms with van der Waals surface area (Å²) in [6.45, 7) is 9.91. The van der Waals surface area contributed by atoms with Crippen molar-refractivity contribution in [3.63, 3.8) is 0 Å². The highest BCUT2D eigenvalue weighted by Gasteiger charge is 2.32. The lowest BCUT2D eigenvalue weighted by molar-refractivity contribution is 0.0463. The Kier molecular flexibility index (Phi) is 5.45. The molecule has 124 valence electrons. The number of hydrogen-bond donors (Lipinski definition) is 2. The van der Waals surface area contributed by atoms with Crippen LogP contribution in [-0.2, 0) is 11.2 Å². The smallest absolute Gasteiger partial charge is 0.407 e. The summed E-state index contributed by atoms with van der Waals surface area (Å²) >= 11 is 1.77. The van der Waals surface area contributed by atoms with Gasteiger partial charge in [0, 0.05) is 23.2 Å². The van der Waals surface area contributed by atoms with E-state index < -0.39 is 5.60 Å². The molecule has 1 amide bonds. The van der Waals surface area contributed by atoms with Gasteiger partial charge < -0.3 is 15.4 Å². The lowest BCUT2D eigenvalue weighted by atomic mass is 9.86. The number of carbonyl (C=O) groups excluding carboxylic acids is 1. The zero-order valence-corrected chi connectivity index (χ0v) is 14.9. The van der Waals surface area contributed by atoms with Crippen molar-refractivity contribution in [1.29, 1.82) is 0 Å². The minimum Gasteiger partial charge on any atom is -0.444 e. The maximum absolute atomic E-state index is 11.7. The predicted molar refractivity (Wildman–Crippen MR) is 89.2 cm³/mol. The highest BCUT2D eigenvalue weighted by molar-refractivity contribution is 7.11. The van der Waals surface area contributed by atoms with Crippen LogP contribution in [0.2, 0.25) is 0 Å². The molecule has 1 aliphatic rings. The maximum atomic E-state index is 11.7. The second kappa shape index (κ2) is 6.96. The molecule has 1 heterocycles. The fraction of sp³-hybridized carbons (Fsp3) is 0.750. The van der Waals surface area contributed by atoms with Crippen molar-refractivity contribution >= 4 is 17.4 Å². The standard InChI is InChI=1S/C16H27N3O2S/c1-6-13-9-17-14(22-13)10(2)18-11-7-12(8-11)19-15(20)21-16(3,4)5/h9-12,18H,6-8H2,1-5H3,(H,19,20). The van der Waals surface area contributed by atoms with E-state index in [1.165, 1.54) is 4.88 Å². The van der Waals surface area contributed by atoms with E-state index in [4.69, 9.17) is 4.74 Å². The van der Waals surface area contributed by atoms with Gasteiger partial charge in [0.15, 0.2) is 0 Å². The van der Waals surface area contributed by atoms with Crippen molar-refractivity contribution in [3.05, 3.63) is 16.1 Å². The molecule has 1 aromatic rings. The zero-order valence-electron chi connectivity index (χ0n) is 14.1. The molecule has 2 N–H and O–H groups in total. The largest absolute Gasteiger partial charge is 0.444 e. The first-order valence-electron chi connectivity index (χ1n) is 7.97. The number of carbonyl (C=O) groups is 1. The van der Waals surface area contributed by atoms with E-state index in [1.54, 1.807) is 11.3 Å². The van der Waals surface area contributed by atoms with Gasteiger partial charge in [-0.05, 0) is 47.0 Å². The normalized spacial score (nSPS) is 22.8. The minimum atomic E-state index is -0.443. The molecule has 1 aromatic heterocycles. The predicted octanol–water partition coefficient (Wildman–Crippen LogP) is 3.41. The molecule has 1 unspecified atom stereocenters. The lowest BCUT2D eigenvalue weighted by Crippen LogP contribution is -2.53. The van der Waals surface area contributed by atoms with Crippen molar-refractivity contribution in [2.24, 2.45) is 0 Å². The van der Waals surface area contributed by atoms with Gasteiger partial charge in [0.05, 0.1) is 6.04 Å². The van der Waals surface area contributed by atoms with E-state index in [0.717, 1.165) is 24.3 Å². The molecule has 0 radical (unpaired) electrons. The van der Waals surface area contributed by atoms with Crippen LogP contribution in [0.4, 0.5) is 4.79 Å². The third-order valence-electron chi connectivity index (χ3n) is 3.63. The van der Waals surface area contributed by atoms with E-state index in [1.807, 2.05) is 27.0 Å². The monoisotopic (exact) mass is 325 g/mol. The van der Waals surface area contributed by atoms with Gasteiger partial charge in [-0.1, -0.05) is 6.92 Å². The van der Waals surface area contributed by atoms with Crippen LogP contribution in [0.15, 0.2) is 6.20 Å². The van der Waals surface area contributed by atoms with Crippen LogP contribution < -0.4 is 10.6 Å². The molecule has 5 nitrogen and oxygen atoms in total. The Bertz CT molecular complexity index is 504. The number of thiazole rings is 1. The molecule has 0 saturated heterocycles. The average molecular weight is 325 g/mol. The third kappa shape index (κ3) is 4.95. The molecule has 2 rings (SSSR count). The highest BCUT2D eigenvalue weighted by atomic mass is 32.1. The molecular weight excluding hydrogens is 298 g/mol. The van der Waals surface area contributed by atoms with Crippen molar-refractivity contribution in [2.75, 3.05) is 0 Å². The molecule has 0 aliphatic heterocycles. The average Bonchev–Trinajstić information content (AvgIpc) is 2.82. The molecule has 22 heavy (non-hydrogen) atoms. The van der Waals surface area contributed by atoms with Gasteiger partial charge in [-0.2, -0.15) is 0 Å². The van der Waals surface area contributed by atoms with Crippen molar-refractivity contribution < 1.29 is 9.53 Å². The molecule has 1 saturated carbocycles. The number of aryl methyl sites for hydroxylation is 1. The molecule has 0 bridgehead atoms. The quantitative estimate of drug-likeness (QED) is 0.871. The Morgan fingerprint density at radius 2 is 2.14 bits per heavy atom. The summed E-state index contributed by atoms with van der Waals surface area (Å²) in [6, 6.07) is 0.906. The summed E-state index contributed by atoms with van der Waals surface area (Å²) in [4.78, 5) is 17.5. The Balaban J connectivity index is 1.69. The van der Waals surface area contributed by atoms with Gasteiger partial charge in [0.25, 0.3) is 0 Å². The topological polar surface area (TPSA) is 63.2 Å². The van der Waals surface area contributed by atoms with E-state index in [9.17, 15) is 4.79 Å². The van der Waals surface area contributed by atoms with Gasteiger partial charge >= 0.3 is 6.09 Å². The van der Waals surface area contributed by atoms with E-state index >= 15 is 0 Å². The van der Waals surface area contributed by atoms with Gasteiger partial charge in [-0.3, -0.25) is 0 Å². The molecular formula is C16H27N3O2S. The third-order valence-corrected chi connectivity index (χ3v) is 4.96. The van der Waals surface area contributed by atoms with E-state index in [0.29, 0.717) is 6.04 Å². The number of nitrogens with one attached hydrogen (secondary N) is 2. The van der Waals surface area contributed by atoms with Gasteiger partial charge in [-0.25, -0.2) is 9.78 Å². The summed E-state index contributed by atoms with van der Waals surface area (Å²) in [6.07, 6.45) is 4.56. The van der Waals surface area contributed by atoms with Crippen molar-refractivity contribution in [1.82, 2.24) is 15.6 Å². The van der Waals surface area contributed by atoms with Gasteiger partial charge in [0.1, 0.15) is 10.6 Å². The number of aromatic nitrogens is 1. The summed E-state index contributed by atoms with van der Waals surface area (Å²) in [7, 11) is 0. The molecule has 1 atom stereocenters. The van der Waals surface area contributed by atoms with Crippen LogP contribution in [0.1, 0.15) is 63.4 Å². The van der Waals surface area contributed by atoms with Crippen molar-refractivity contribution in [3.8, 4) is 0 Å². The number of rotatable bonds is 5. The molecule has 0 spiro atoms. The lowest BCUT2D eigenvalue weighted by Gasteiger charge is -2.38. The molecule has 1 fully saturated rings. The molecule has 1 aliphatic carbocycles. The van der Waals surface area contributed by atoms with Crippen LogP contribution in [0.25, 0.3) is 0 Å². The first kappa shape index (κ1) is 17.2. The summed E-state index contributed by atoms with van der Waals surface area (Å²) in [5.74, 6) is 0. The second-order valence-corrected chi connectivity index (χ2v) is 8.06. The minimum absolute atomic E-state index is 0.210. The number of ether oxygens (including phenoxy) is 1. The Labute approximate surface area is 136 Å². The summed E-state index contributed by atoms with van der Waals surface area (Å²) < 4.78 is 5.27. The van der Waals surface area contributed by atoms with Crippen LogP contribution in [0, 0.1) is 0 Å². The number of nitrogens with zero attached hydrogens (tertiary/aromatic N) is 1. The zero-order chi connectivity index (χ0) is 16.3. The first-order chi connectivity index (χ1) is 10.3. The van der Waals surface area contributed by atoms with E-state index in [-0.39, 0.29) is 18.2 Å². The Morgan fingerprint density at radius 1 is 1.45 bits per heavy atom. The van der Waals surface area contributed by atoms with Gasteiger partial charge in [0.2, 0.25) is 0 Å². The highest BCUT2D eigenvalue weighted by Crippen LogP contribution is 2.26. The number of alkyl carbamates (subject to hydrolysis) is 1. The Hall–Kier alpha value is -1.14. The molecule has 0 aromatic carbocycles. The SMILES string of the molecule is CCc1cnc(C(C)NC2CC(NC(=O)OC(C)(C)C)C2)s1.